The number of aromatic nitrogens is 2. The summed E-state index contributed by atoms with van der Waals surface area (Å²) < 4.78 is 7.85. The van der Waals surface area contributed by atoms with Crippen LogP contribution in [0.3, 0.4) is 0 Å². The monoisotopic (exact) mass is 298 g/mol. The summed E-state index contributed by atoms with van der Waals surface area (Å²) >= 11 is 0. The molecule has 4 heteroatoms. The van der Waals surface area contributed by atoms with Crippen molar-refractivity contribution >= 4 is 5.97 Å². The van der Waals surface area contributed by atoms with Gasteiger partial charge in [0, 0.05) is 5.69 Å². The predicted octanol–water partition coefficient (Wildman–Crippen LogP) is 3.84. The van der Waals surface area contributed by atoms with Crippen LogP contribution in [0, 0.1) is 13.8 Å². The number of carbonyl (C=O) groups excluding carboxylic acids is 1. The van der Waals surface area contributed by atoms with Gasteiger partial charge in [-0.2, -0.15) is 5.10 Å². The molecule has 22 heavy (non-hydrogen) atoms. The summed E-state index contributed by atoms with van der Waals surface area (Å²) in [4.78, 5) is 12.3. The second kappa shape index (κ2) is 6.34. The highest BCUT2D eigenvalue weighted by Gasteiger charge is 2.31. The molecule has 0 radical (unpaired) electrons. The first-order chi connectivity index (χ1) is 10.6. The molecule has 4 nitrogen and oxygen atoms in total. The molecular weight excluding hydrogens is 276 g/mol. The molecule has 0 saturated heterocycles. The Morgan fingerprint density at radius 2 is 1.91 bits per heavy atom. The molecule has 2 aromatic rings. The van der Waals surface area contributed by atoms with Gasteiger partial charge in [-0.05, 0) is 51.3 Å². The number of hydrogen-bond acceptors (Lipinski definition) is 3. The fourth-order valence-electron chi connectivity index (χ4n) is 3.26. The van der Waals surface area contributed by atoms with Crippen LogP contribution >= 0.6 is 0 Å². The van der Waals surface area contributed by atoms with Crippen LogP contribution in [0.15, 0.2) is 36.4 Å². The second-order valence-electron chi connectivity index (χ2n) is 6.03. The Labute approximate surface area is 131 Å². The number of carbonyl (C=O) groups is 1. The Hall–Kier alpha value is -2.10. The maximum absolute atomic E-state index is 12.3. The molecule has 0 N–H and O–H groups in total. The van der Waals surface area contributed by atoms with Crippen LogP contribution in [0.25, 0.3) is 0 Å². The number of ether oxygens (including phenoxy) is 1. The van der Waals surface area contributed by atoms with E-state index in [0.717, 1.165) is 37.1 Å². The lowest BCUT2D eigenvalue weighted by Gasteiger charge is -2.32. The maximum atomic E-state index is 12.3. The molecule has 1 fully saturated rings. The van der Waals surface area contributed by atoms with Crippen molar-refractivity contribution in [1.29, 1.82) is 0 Å². The minimum atomic E-state index is -0.237. The summed E-state index contributed by atoms with van der Waals surface area (Å²) in [6.07, 6.45) is 4.07. The molecule has 0 unspecified atom stereocenters. The highest BCUT2D eigenvalue weighted by Crippen LogP contribution is 2.32. The van der Waals surface area contributed by atoms with Crippen LogP contribution in [-0.2, 0) is 4.74 Å². The van der Waals surface area contributed by atoms with Gasteiger partial charge in [0.25, 0.3) is 0 Å². The summed E-state index contributed by atoms with van der Waals surface area (Å²) in [5.74, 6) is -0.237. The molecule has 0 aliphatic heterocycles. The van der Waals surface area contributed by atoms with E-state index in [1.54, 1.807) is 12.1 Å². The quantitative estimate of drug-likeness (QED) is 0.809. The lowest BCUT2D eigenvalue weighted by atomic mass is 9.92. The van der Waals surface area contributed by atoms with E-state index in [1.807, 2.05) is 29.8 Å². The number of aryl methyl sites for hydroxylation is 2. The molecule has 2 atom stereocenters. The van der Waals surface area contributed by atoms with E-state index in [9.17, 15) is 4.79 Å². The Bertz CT molecular complexity index is 648. The average molecular weight is 298 g/mol. The van der Waals surface area contributed by atoms with E-state index in [4.69, 9.17) is 4.74 Å². The minimum absolute atomic E-state index is 0.0977. The molecule has 116 valence electrons. The Balaban J connectivity index is 1.78. The average Bonchev–Trinajstić information content (AvgIpc) is 2.87. The topological polar surface area (TPSA) is 44.1 Å². The summed E-state index contributed by atoms with van der Waals surface area (Å²) in [6.45, 7) is 4.06. The van der Waals surface area contributed by atoms with Gasteiger partial charge in [-0.15, -0.1) is 0 Å². The molecule has 1 aliphatic carbocycles. The SMILES string of the molecule is Cc1cc(C)n([C@@H]2CCCC[C@@H]2OC(=O)c2ccccc2)n1. The lowest BCUT2D eigenvalue weighted by Crippen LogP contribution is -2.33. The molecule has 3 rings (SSSR count). The van der Waals surface area contributed by atoms with Crippen molar-refractivity contribution in [2.75, 3.05) is 0 Å². The van der Waals surface area contributed by atoms with Gasteiger partial charge in [0.1, 0.15) is 6.10 Å². The maximum Gasteiger partial charge on any atom is 0.338 e. The Morgan fingerprint density at radius 1 is 1.18 bits per heavy atom. The van der Waals surface area contributed by atoms with Crippen molar-refractivity contribution in [3.63, 3.8) is 0 Å². The third-order valence-electron chi connectivity index (χ3n) is 4.29. The van der Waals surface area contributed by atoms with Gasteiger partial charge in [-0.1, -0.05) is 24.6 Å². The third kappa shape index (κ3) is 3.06. The molecule has 1 aliphatic rings. The van der Waals surface area contributed by atoms with E-state index in [0.29, 0.717) is 5.56 Å². The normalized spacial score (nSPS) is 21.5. The minimum Gasteiger partial charge on any atom is -0.457 e. The Kier molecular flexibility index (Phi) is 4.27. The zero-order chi connectivity index (χ0) is 15.5. The number of benzene rings is 1. The van der Waals surface area contributed by atoms with E-state index in [2.05, 4.69) is 18.1 Å². The summed E-state index contributed by atoms with van der Waals surface area (Å²) in [5, 5.41) is 4.59. The fraction of sp³-hybridized carbons (Fsp3) is 0.444. The number of hydrogen-bond donors (Lipinski definition) is 0. The molecule has 0 bridgehead atoms. The number of nitrogens with zero attached hydrogens (tertiary/aromatic N) is 2. The van der Waals surface area contributed by atoms with Crippen molar-refractivity contribution in [2.24, 2.45) is 0 Å². The summed E-state index contributed by atoms with van der Waals surface area (Å²) in [7, 11) is 0. The van der Waals surface area contributed by atoms with Crippen LogP contribution in [-0.4, -0.2) is 21.9 Å². The van der Waals surface area contributed by atoms with Crippen molar-refractivity contribution in [1.82, 2.24) is 9.78 Å². The van der Waals surface area contributed by atoms with Crippen molar-refractivity contribution in [2.45, 2.75) is 51.7 Å². The zero-order valence-electron chi connectivity index (χ0n) is 13.2. The van der Waals surface area contributed by atoms with Crippen molar-refractivity contribution < 1.29 is 9.53 Å². The van der Waals surface area contributed by atoms with E-state index < -0.39 is 0 Å². The van der Waals surface area contributed by atoms with Gasteiger partial charge in [0.2, 0.25) is 0 Å². The van der Waals surface area contributed by atoms with Crippen LogP contribution in [0.5, 0.6) is 0 Å². The largest absolute Gasteiger partial charge is 0.457 e. The molecule has 0 amide bonds. The predicted molar refractivity (Wildman–Crippen MR) is 84.9 cm³/mol. The highest BCUT2D eigenvalue weighted by atomic mass is 16.5. The van der Waals surface area contributed by atoms with Crippen LogP contribution < -0.4 is 0 Å². The zero-order valence-corrected chi connectivity index (χ0v) is 13.2. The number of rotatable bonds is 3. The van der Waals surface area contributed by atoms with Gasteiger partial charge in [-0.3, -0.25) is 4.68 Å². The molecular formula is C18H22N2O2. The van der Waals surface area contributed by atoms with E-state index in [-0.39, 0.29) is 18.1 Å². The van der Waals surface area contributed by atoms with Crippen LogP contribution in [0.2, 0.25) is 0 Å². The standard InChI is InChI=1S/C18H22N2O2/c1-13-12-14(2)20(19-13)16-10-6-7-11-17(16)22-18(21)15-8-4-3-5-9-15/h3-5,8-9,12,16-17H,6-7,10-11H2,1-2H3/t16-,17+/m1/s1. The fourth-order valence-corrected chi connectivity index (χ4v) is 3.26. The van der Waals surface area contributed by atoms with Crippen molar-refractivity contribution in [3.8, 4) is 0 Å². The third-order valence-corrected chi connectivity index (χ3v) is 4.29. The van der Waals surface area contributed by atoms with Crippen LogP contribution in [0.4, 0.5) is 0 Å². The number of esters is 1. The molecule has 0 spiro atoms. The smallest absolute Gasteiger partial charge is 0.338 e. The molecule has 1 saturated carbocycles. The van der Waals surface area contributed by atoms with Gasteiger partial charge in [-0.25, -0.2) is 4.79 Å². The first-order valence-corrected chi connectivity index (χ1v) is 7.94. The summed E-state index contributed by atoms with van der Waals surface area (Å²) in [5.41, 5.74) is 2.75. The summed E-state index contributed by atoms with van der Waals surface area (Å²) in [6, 6.07) is 11.4. The van der Waals surface area contributed by atoms with Gasteiger partial charge < -0.3 is 4.74 Å². The van der Waals surface area contributed by atoms with Crippen molar-refractivity contribution in [3.05, 3.63) is 53.3 Å². The van der Waals surface area contributed by atoms with Crippen LogP contribution in [0.1, 0.15) is 53.5 Å². The van der Waals surface area contributed by atoms with E-state index >= 15 is 0 Å². The van der Waals surface area contributed by atoms with Gasteiger partial charge >= 0.3 is 5.97 Å². The first-order valence-electron chi connectivity index (χ1n) is 7.94. The molecule has 1 aromatic heterocycles. The van der Waals surface area contributed by atoms with Gasteiger partial charge in [0.15, 0.2) is 0 Å². The first kappa shape index (κ1) is 14.8. The lowest BCUT2D eigenvalue weighted by molar-refractivity contribution is 0.00168. The Morgan fingerprint density at radius 3 is 2.59 bits per heavy atom. The highest BCUT2D eigenvalue weighted by molar-refractivity contribution is 5.89. The molecule has 1 aromatic carbocycles. The second-order valence-corrected chi connectivity index (χ2v) is 6.03. The molecule has 1 heterocycles. The van der Waals surface area contributed by atoms with E-state index in [1.165, 1.54) is 0 Å². The van der Waals surface area contributed by atoms with Gasteiger partial charge in [0.05, 0.1) is 17.3 Å².